The summed E-state index contributed by atoms with van der Waals surface area (Å²) in [6.07, 6.45) is 3.56. The lowest BCUT2D eigenvalue weighted by Gasteiger charge is -2.29. The van der Waals surface area contributed by atoms with Crippen LogP contribution in [0.2, 0.25) is 0 Å². The lowest BCUT2D eigenvalue weighted by Crippen LogP contribution is -2.34. The Balaban J connectivity index is 2.11. The molecule has 0 amide bonds. The summed E-state index contributed by atoms with van der Waals surface area (Å²) in [5, 5.41) is 5.05. The molecule has 1 aliphatic rings. The molecule has 0 atom stereocenters. The average Bonchev–Trinajstić information content (AvgIpc) is 2.79. The van der Waals surface area contributed by atoms with Crippen LogP contribution in [-0.2, 0) is 16.6 Å². The minimum atomic E-state index is -3.32. The number of nitrogens with zero attached hydrogens (tertiary/aromatic N) is 1. The first-order valence-corrected chi connectivity index (χ1v) is 9.11. The summed E-state index contributed by atoms with van der Waals surface area (Å²) in [6, 6.07) is 1.73. The van der Waals surface area contributed by atoms with Gasteiger partial charge in [-0.2, -0.15) is 0 Å². The first kappa shape index (κ1) is 15.0. The van der Waals surface area contributed by atoms with E-state index in [0.29, 0.717) is 23.9 Å². The number of nitrogens with one attached hydrogen (secondary N) is 1. The molecule has 0 bridgehead atoms. The summed E-state index contributed by atoms with van der Waals surface area (Å²) in [7, 11) is -1.63. The summed E-state index contributed by atoms with van der Waals surface area (Å²) >= 11 is 1.50. The van der Waals surface area contributed by atoms with Crippen molar-refractivity contribution >= 4 is 21.4 Å². The number of thiophene rings is 1. The Labute approximate surface area is 119 Å². The Bertz CT molecular complexity index is 506. The highest BCUT2D eigenvalue weighted by molar-refractivity contribution is 7.89. The van der Waals surface area contributed by atoms with Crippen molar-refractivity contribution in [2.24, 2.45) is 5.92 Å². The Morgan fingerprint density at radius 3 is 2.79 bits per heavy atom. The van der Waals surface area contributed by atoms with Gasteiger partial charge >= 0.3 is 0 Å². The standard InChI is InChI=1S/C13H22N2O2S2/c1-3-14-9-12-13(7-8-18-12)19(16,17)15(2)10-11-5-4-6-11/h7-8,11,14H,3-6,9-10H2,1-2H3. The molecule has 1 fully saturated rings. The number of hydrogen-bond donors (Lipinski definition) is 1. The fraction of sp³-hybridized carbons (Fsp3) is 0.692. The van der Waals surface area contributed by atoms with Crippen LogP contribution in [0, 0.1) is 5.92 Å². The highest BCUT2D eigenvalue weighted by atomic mass is 32.2. The van der Waals surface area contributed by atoms with E-state index in [1.165, 1.54) is 22.1 Å². The van der Waals surface area contributed by atoms with Crippen LogP contribution in [0.5, 0.6) is 0 Å². The van der Waals surface area contributed by atoms with E-state index in [1.807, 2.05) is 12.3 Å². The third-order valence-electron chi connectivity index (χ3n) is 3.67. The molecule has 4 nitrogen and oxygen atoms in total. The number of sulfonamides is 1. The van der Waals surface area contributed by atoms with Gasteiger partial charge in [0.25, 0.3) is 0 Å². The van der Waals surface area contributed by atoms with Gasteiger partial charge in [0.2, 0.25) is 10.0 Å². The van der Waals surface area contributed by atoms with E-state index in [1.54, 1.807) is 13.1 Å². The maximum atomic E-state index is 12.6. The molecule has 108 valence electrons. The Morgan fingerprint density at radius 2 is 2.21 bits per heavy atom. The minimum Gasteiger partial charge on any atom is -0.312 e. The van der Waals surface area contributed by atoms with Crippen LogP contribution < -0.4 is 5.32 Å². The zero-order valence-corrected chi connectivity index (χ0v) is 13.2. The van der Waals surface area contributed by atoms with Crippen molar-refractivity contribution in [3.8, 4) is 0 Å². The normalized spacial score (nSPS) is 16.8. The first-order valence-electron chi connectivity index (χ1n) is 6.79. The van der Waals surface area contributed by atoms with Crippen molar-refractivity contribution in [2.75, 3.05) is 20.1 Å². The highest BCUT2D eigenvalue weighted by Gasteiger charge is 2.28. The van der Waals surface area contributed by atoms with Gasteiger partial charge in [0.1, 0.15) is 0 Å². The predicted molar refractivity (Wildman–Crippen MR) is 78.9 cm³/mol. The van der Waals surface area contributed by atoms with Crippen molar-refractivity contribution in [3.05, 3.63) is 16.3 Å². The summed E-state index contributed by atoms with van der Waals surface area (Å²) in [5.74, 6) is 0.552. The van der Waals surface area contributed by atoms with Gasteiger partial charge in [-0.05, 0) is 36.8 Å². The van der Waals surface area contributed by atoms with Crippen LogP contribution in [0.3, 0.4) is 0 Å². The van der Waals surface area contributed by atoms with E-state index in [9.17, 15) is 8.42 Å². The molecule has 0 radical (unpaired) electrons. The summed E-state index contributed by atoms with van der Waals surface area (Å²) < 4.78 is 26.6. The van der Waals surface area contributed by atoms with Crippen molar-refractivity contribution in [3.63, 3.8) is 0 Å². The van der Waals surface area contributed by atoms with E-state index in [2.05, 4.69) is 5.32 Å². The quantitative estimate of drug-likeness (QED) is 0.840. The highest BCUT2D eigenvalue weighted by Crippen LogP contribution is 2.30. The molecule has 1 N–H and O–H groups in total. The monoisotopic (exact) mass is 302 g/mol. The van der Waals surface area contributed by atoms with Gasteiger partial charge in [-0.25, -0.2) is 12.7 Å². The molecule has 0 saturated heterocycles. The maximum absolute atomic E-state index is 12.6. The molecule has 1 heterocycles. The van der Waals surface area contributed by atoms with Crippen LogP contribution in [0.1, 0.15) is 31.1 Å². The second-order valence-corrected chi connectivity index (χ2v) is 8.08. The predicted octanol–water partition coefficient (Wildman–Crippen LogP) is 2.28. The molecule has 19 heavy (non-hydrogen) atoms. The molecular weight excluding hydrogens is 280 g/mol. The maximum Gasteiger partial charge on any atom is 0.243 e. The van der Waals surface area contributed by atoms with Gasteiger partial charge in [-0.1, -0.05) is 13.3 Å². The number of rotatable bonds is 7. The third-order valence-corrected chi connectivity index (χ3v) is 6.63. The molecule has 1 aliphatic carbocycles. The van der Waals surface area contributed by atoms with Crippen LogP contribution >= 0.6 is 11.3 Å². The summed E-state index contributed by atoms with van der Waals surface area (Å²) in [6.45, 7) is 4.14. The second-order valence-electron chi connectivity index (χ2n) is 5.07. The lowest BCUT2D eigenvalue weighted by atomic mass is 9.86. The molecule has 2 rings (SSSR count). The van der Waals surface area contributed by atoms with E-state index >= 15 is 0 Å². The molecular formula is C13H22N2O2S2. The van der Waals surface area contributed by atoms with Gasteiger partial charge in [-0.15, -0.1) is 11.3 Å². The van der Waals surface area contributed by atoms with Crippen molar-refractivity contribution in [1.82, 2.24) is 9.62 Å². The zero-order chi connectivity index (χ0) is 13.9. The molecule has 0 aromatic carbocycles. The van der Waals surface area contributed by atoms with Crippen molar-refractivity contribution in [1.29, 1.82) is 0 Å². The fourth-order valence-electron chi connectivity index (χ4n) is 2.23. The van der Waals surface area contributed by atoms with E-state index in [0.717, 1.165) is 24.3 Å². The van der Waals surface area contributed by atoms with Gasteiger partial charge in [0, 0.05) is 25.0 Å². The summed E-state index contributed by atoms with van der Waals surface area (Å²) in [4.78, 5) is 1.38. The molecule has 6 heteroatoms. The van der Waals surface area contributed by atoms with Crippen LogP contribution in [0.25, 0.3) is 0 Å². The lowest BCUT2D eigenvalue weighted by molar-refractivity contribution is 0.263. The minimum absolute atomic E-state index is 0.472. The molecule has 0 spiro atoms. The van der Waals surface area contributed by atoms with Crippen molar-refractivity contribution < 1.29 is 8.42 Å². The average molecular weight is 302 g/mol. The molecule has 1 saturated carbocycles. The number of hydrogen-bond acceptors (Lipinski definition) is 4. The van der Waals surface area contributed by atoms with Gasteiger partial charge in [0.15, 0.2) is 0 Å². The van der Waals surface area contributed by atoms with Crippen molar-refractivity contribution in [2.45, 2.75) is 37.6 Å². The zero-order valence-electron chi connectivity index (χ0n) is 11.6. The van der Waals surface area contributed by atoms with Gasteiger partial charge in [0.05, 0.1) is 4.90 Å². The molecule has 0 unspecified atom stereocenters. The molecule has 1 aromatic rings. The Morgan fingerprint density at radius 1 is 1.47 bits per heavy atom. The van der Waals surface area contributed by atoms with Gasteiger partial charge < -0.3 is 5.32 Å². The van der Waals surface area contributed by atoms with Crippen LogP contribution in [0.4, 0.5) is 0 Å². The third kappa shape index (κ3) is 3.37. The van der Waals surface area contributed by atoms with E-state index in [-0.39, 0.29) is 0 Å². The van der Waals surface area contributed by atoms with E-state index in [4.69, 9.17) is 0 Å². The van der Waals surface area contributed by atoms with Crippen LogP contribution in [0.15, 0.2) is 16.3 Å². The SMILES string of the molecule is CCNCc1sccc1S(=O)(=O)N(C)CC1CCC1. The Kier molecular flexibility index (Phi) is 5.00. The molecule has 1 aromatic heterocycles. The molecule has 0 aliphatic heterocycles. The van der Waals surface area contributed by atoms with Crippen LogP contribution in [-0.4, -0.2) is 32.9 Å². The van der Waals surface area contributed by atoms with Gasteiger partial charge in [-0.3, -0.25) is 0 Å². The Hall–Kier alpha value is -0.430. The fourth-order valence-corrected chi connectivity index (χ4v) is 4.86. The smallest absolute Gasteiger partial charge is 0.243 e. The van der Waals surface area contributed by atoms with E-state index < -0.39 is 10.0 Å². The largest absolute Gasteiger partial charge is 0.312 e. The second kappa shape index (κ2) is 6.35. The summed E-state index contributed by atoms with van der Waals surface area (Å²) in [5.41, 5.74) is 0. The topological polar surface area (TPSA) is 49.4 Å². The first-order chi connectivity index (χ1) is 9.05.